The lowest BCUT2D eigenvalue weighted by atomic mass is 10.3. The molecular formula is C7H13NO2. The van der Waals surface area contributed by atoms with Crippen LogP contribution in [-0.2, 0) is 9.53 Å². The fourth-order valence-electron chi connectivity index (χ4n) is 0.683. The molecule has 58 valence electrons. The van der Waals surface area contributed by atoms with E-state index in [1.165, 1.54) is 0 Å². The molecule has 0 radical (unpaired) electrons. The average molecular weight is 143 g/mol. The van der Waals surface area contributed by atoms with Crippen LogP contribution in [0.15, 0.2) is 0 Å². The van der Waals surface area contributed by atoms with Gasteiger partial charge in [-0.2, -0.15) is 0 Å². The molecule has 3 heteroatoms. The van der Waals surface area contributed by atoms with Gasteiger partial charge in [-0.1, -0.05) is 0 Å². The van der Waals surface area contributed by atoms with Gasteiger partial charge in [-0.05, 0) is 19.8 Å². The van der Waals surface area contributed by atoms with E-state index in [-0.39, 0.29) is 18.1 Å². The van der Waals surface area contributed by atoms with Crippen LogP contribution in [0.3, 0.4) is 0 Å². The summed E-state index contributed by atoms with van der Waals surface area (Å²) in [7, 11) is 0. The lowest BCUT2D eigenvalue weighted by Crippen LogP contribution is -2.21. The summed E-state index contributed by atoms with van der Waals surface area (Å²) in [5, 5.41) is 0. The maximum atomic E-state index is 10.8. The van der Waals surface area contributed by atoms with Gasteiger partial charge in [0.15, 0.2) is 0 Å². The van der Waals surface area contributed by atoms with Gasteiger partial charge >= 0.3 is 5.97 Å². The molecule has 1 fully saturated rings. The van der Waals surface area contributed by atoms with E-state index in [1.54, 1.807) is 6.92 Å². The molecule has 0 aromatic rings. The van der Waals surface area contributed by atoms with Crippen molar-refractivity contribution < 1.29 is 9.53 Å². The van der Waals surface area contributed by atoms with E-state index in [1.807, 2.05) is 0 Å². The number of carbonyl (C=O) groups is 1. The zero-order valence-corrected chi connectivity index (χ0v) is 6.17. The normalized spacial score (nSPS) is 20.2. The number of ether oxygens (including phenoxy) is 1. The average Bonchev–Trinajstić information content (AvgIpc) is 2.46. The molecule has 0 unspecified atom stereocenters. The molecule has 3 nitrogen and oxygen atoms in total. The van der Waals surface area contributed by atoms with Crippen LogP contribution < -0.4 is 5.73 Å². The van der Waals surface area contributed by atoms with Crippen LogP contribution in [-0.4, -0.2) is 18.1 Å². The van der Waals surface area contributed by atoms with Crippen LogP contribution in [0, 0.1) is 0 Å². The monoisotopic (exact) mass is 143 g/mol. The largest absolute Gasteiger partial charge is 0.462 e. The minimum Gasteiger partial charge on any atom is -0.462 e. The number of hydrogen-bond acceptors (Lipinski definition) is 3. The maximum Gasteiger partial charge on any atom is 0.307 e. The summed E-state index contributed by atoms with van der Waals surface area (Å²) in [5.41, 5.74) is 5.39. The van der Waals surface area contributed by atoms with Gasteiger partial charge in [0.1, 0.15) is 6.10 Å². The summed E-state index contributed by atoms with van der Waals surface area (Å²) in [6, 6.07) is -0.0775. The van der Waals surface area contributed by atoms with Crippen molar-refractivity contribution in [3.8, 4) is 0 Å². The van der Waals surface area contributed by atoms with Crippen molar-refractivity contribution in [1.29, 1.82) is 0 Å². The Morgan fingerprint density at radius 1 is 1.80 bits per heavy atom. The Morgan fingerprint density at radius 3 is 2.80 bits per heavy atom. The third-order valence-electron chi connectivity index (χ3n) is 1.31. The highest BCUT2D eigenvalue weighted by atomic mass is 16.5. The predicted molar refractivity (Wildman–Crippen MR) is 37.4 cm³/mol. The van der Waals surface area contributed by atoms with Crippen molar-refractivity contribution in [3.05, 3.63) is 0 Å². The van der Waals surface area contributed by atoms with Gasteiger partial charge in [-0.3, -0.25) is 4.79 Å². The van der Waals surface area contributed by atoms with E-state index in [9.17, 15) is 4.79 Å². The van der Waals surface area contributed by atoms with Crippen molar-refractivity contribution in [2.24, 2.45) is 5.73 Å². The first-order valence-corrected chi connectivity index (χ1v) is 3.63. The lowest BCUT2D eigenvalue weighted by Gasteiger charge is -2.04. The van der Waals surface area contributed by atoms with Crippen molar-refractivity contribution in [2.75, 3.05) is 0 Å². The van der Waals surface area contributed by atoms with Crippen molar-refractivity contribution in [2.45, 2.75) is 38.3 Å². The quantitative estimate of drug-likeness (QED) is 0.583. The number of rotatable bonds is 3. The molecule has 10 heavy (non-hydrogen) atoms. The minimum atomic E-state index is -0.155. The second-order valence-corrected chi connectivity index (χ2v) is 2.87. The predicted octanol–water partition coefficient (Wildman–Crippen LogP) is 0.429. The third kappa shape index (κ3) is 2.82. The molecule has 0 aromatic heterocycles. The summed E-state index contributed by atoms with van der Waals surface area (Å²) in [4.78, 5) is 10.8. The Hall–Kier alpha value is -0.570. The number of carbonyl (C=O) groups excluding carboxylic acids is 1. The van der Waals surface area contributed by atoms with E-state index in [4.69, 9.17) is 10.5 Å². The van der Waals surface area contributed by atoms with Gasteiger partial charge in [-0.25, -0.2) is 0 Å². The van der Waals surface area contributed by atoms with Crippen LogP contribution in [0.2, 0.25) is 0 Å². The summed E-state index contributed by atoms with van der Waals surface area (Å²) in [6.07, 6.45) is 2.62. The Kier molecular flexibility index (Phi) is 2.27. The Morgan fingerprint density at radius 2 is 2.40 bits per heavy atom. The highest BCUT2D eigenvalue weighted by molar-refractivity contribution is 5.70. The molecule has 1 aliphatic carbocycles. The standard InChI is InChI=1S/C7H13NO2/c1-5(8)4-7(9)10-6-2-3-6/h5-6H,2-4,8H2,1H3/t5-/m1/s1. The Balaban J connectivity index is 2.08. The molecule has 0 amide bonds. The lowest BCUT2D eigenvalue weighted by molar-refractivity contribution is -0.145. The van der Waals surface area contributed by atoms with Crippen LogP contribution in [0.5, 0.6) is 0 Å². The number of nitrogens with two attached hydrogens (primary N) is 1. The highest BCUT2D eigenvalue weighted by Crippen LogP contribution is 2.23. The van der Waals surface area contributed by atoms with E-state index >= 15 is 0 Å². The Labute approximate surface area is 60.5 Å². The van der Waals surface area contributed by atoms with Crippen LogP contribution in [0.4, 0.5) is 0 Å². The van der Waals surface area contributed by atoms with Gasteiger partial charge in [0.25, 0.3) is 0 Å². The van der Waals surface area contributed by atoms with Gasteiger partial charge in [0, 0.05) is 6.04 Å². The fourth-order valence-corrected chi connectivity index (χ4v) is 0.683. The topological polar surface area (TPSA) is 52.3 Å². The molecule has 0 heterocycles. The summed E-state index contributed by atoms with van der Waals surface area (Å²) in [5.74, 6) is -0.155. The third-order valence-corrected chi connectivity index (χ3v) is 1.31. The second kappa shape index (κ2) is 3.01. The van der Waals surface area contributed by atoms with Gasteiger partial charge in [0.05, 0.1) is 6.42 Å². The van der Waals surface area contributed by atoms with Crippen LogP contribution in [0.1, 0.15) is 26.2 Å². The molecule has 1 atom stereocenters. The van der Waals surface area contributed by atoms with Gasteiger partial charge in [0.2, 0.25) is 0 Å². The molecule has 1 rings (SSSR count). The molecule has 0 aromatic carbocycles. The van der Waals surface area contributed by atoms with Gasteiger partial charge in [-0.15, -0.1) is 0 Å². The molecule has 0 bridgehead atoms. The second-order valence-electron chi connectivity index (χ2n) is 2.87. The minimum absolute atomic E-state index is 0.0775. The first kappa shape index (κ1) is 7.54. The smallest absolute Gasteiger partial charge is 0.307 e. The molecule has 1 saturated carbocycles. The van der Waals surface area contributed by atoms with Crippen LogP contribution in [0.25, 0.3) is 0 Å². The Bertz CT molecular complexity index is 124. The van der Waals surface area contributed by atoms with Crippen molar-refractivity contribution >= 4 is 5.97 Å². The van der Waals surface area contributed by atoms with Crippen LogP contribution >= 0.6 is 0 Å². The molecule has 0 aliphatic heterocycles. The SMILES string of the molecule is C[C@@H](N)CC(=O)OC1CC1. The van der Waals surface area contributed by atoms with E-state index in [2.05, 4.69) is 0 Å². The number of hydrogen-bond donors (Lipinski definition) is 1. The molecular weight excluding hydrogens is 130 g/mol. The van der Waals surface area contributed by atoms with E-state index < -0.39 is 0 Å². The number of esters is 1. The zero-order chi connectivity index (χ0) is 7.56. The fraction of sp³-hybridized carbons (Fsp3) is 0.857. The molecule has 2 N–H and O–H groups in total. The molecule has 0 saturated heterocycles. The van der Waals surface area contributed by atoms with Gasteiger partial charge < -0.3 is 10.5 Å². The highest BCUT2D eigenvalue weighted by Gasteiger charge is 2.25. The van der Waals surface area contributed by atoms with Crippen molar-refractivity contribution in [1.82, 2.24) is 0 Å². The summed E-state index contributed by atoms with van der Waals surface area (Å²) >= 11 is 0. The zero-order valence-electron chi connectivity index (χ0n) is 6.17. The summed E-state index contributed by atoms with van der Waals surface area (Å²) in [6.45, 7) is 1.80. The molecule has 1 aliphatic rings. The maximum absolute atomic E-state index is 10.8. The van der Waals surface area contributed by atoms with Crippen molar-refractivity contribution in [3.63, 3.8) is 0 Å². The van der Waals surface area contributed by atoms with E-state index in [0.717, 1.165) is 12.8 Å². The molecule has 0 spiro atoms. The van der Waals surface area contributed by atoms with E-state index in [0.29, 0.717) is 6.42 Å². The first-order chi connectivity index (χ1) is 4.68. The summed E-state index contributed by atoms with van der Waals surface area (Å²) < 4.78 is 4.95. The first-order valence-electron chi connectivity index (χ1n) is 3.63.